The summed E-state index contributed by atoms with van der Waals surface area (Å²) >= 11 is 0. The number of nitrogens with one attached hydrogen (secondary N) is 1. The molecular weight excluding hydrogens is 262 g/mol. The van der Waals surface area contributed by atoms with E-state index in [0.717, 1.165) is 12.8 Å². The Labute approximate surface area is 126 Å². The second-order valence-electron chi connectivity index (χ2n) is 5.52. The molecule has 0 radical (unpaired) electrons. The Balaban J connectivity index is 1.75. The van der Waals surface area contributed by atoms with Crippen LogP contribution in [-0.4, -0.2) is 23.7 Å². The maximum Gasteiger partial charge on any atom is 0.220 e. The first-order valence-electron chi connectivity index (χ1n) is 7.57. The topological polar surface area (TPSA) is 49.3 Å². The Morgan fingerprint density at radius 2 is 1.95 bits per heavy atom. The van der Waals surface area contributed by atoms with Crippen molar-refractivity contribution in [2.45, 2.75) is 38.7 Å². The Bertz CT molecular complexity index is 593. The lowest BCUT2D eigenvalue weighted by Crippen LogP contribution is -2.26. The zero-order valence-electron chi connectivity index (χ0n) is 12.5. The van der Waals surface area contributed by atoms with Crippen molar-refractivity contribution in [1.82, 2.24) is 5.32 Å². The smallest absolute Gasteiger partial charge is 0.220 e. The van der Waals surface area contributed by atoms with Crippen LogP contribution in [0, 0.1) is 0 Å². The first kappa shape index (κ1) is 15.5. The van der Waals surface area contributed by atoms with E-state index < -0.39 is 0 Å². The number of fused-ring (bicyclic) bond motifs is 1. The van der Waals surface area contributed by atoms with Crippen LogP contribution in [0.3, 0.4) is 0 Å². The first-order chi connectivity index (χ1) is 10.1. The molecule has 0 saturated carbocycles. The van der Waals surface area contributed by atoms with Gasteiger partial charge in [-0.25, -0.2) is 0 Å². The van der Waals surface area contributed by atoms with E-state index in [-0.39, 0.29) is 12.0 Å². The molecule has 0 aliphatic rings. The molecule has 21 heavy (non-hydrogen) atoms. The molecule has 0 saturated heterocycles. The number of hydrogen-bond donors (Lipinski definition) is 2. The number of hydrogen-bond acceptors (Lipinski definition) is 2. The molecule has 0 bridgehead atoms. The number of rotatable bonds is 7. The quantitative estimate of drug-likeness (QED) is 0.821. The summed E-state index contributed by atoms with van der Waals surface area (Å²) in [4.78, 5) is 11.6. The van der Waals surface area contributed by atoms with Crippen LogP contribution in [0.5, 0.6) is 0 Å². The van der Waals surface area contributed by atoms with Gasteiger partial charge in [-0.3, -0.25) is 4.79 Å². The van der Waals surface area contributed by atoms with Crippen molar-refractivity contribution >= 4 is 16.7 Å². The predicted molar refractivity (Wildman–Crippen MR) is 86.2 cm³/mol. The summed E-state index contributed by atoms with van der Waals surface area (Å²) in [6.07, 6.45) is 2.54. The Kier molecular flexibility index (Phi) is 5.76. The summed E-state index contributed by atoms with van der Waals surface area (Å²) in [5, 5.41) is 14.5. The molecule has 0 aliphatic heterocycles. The van der Waals surface area contributed by atoms with Gasteiger partial charge >= 0.3 is 0 Å². The summed E-state index contributed by atoms with van der Waals surface area (Å²) in [6.45, 7) is 2.28. The van der Waals surface area contributed by atoms with E-state index in [1.807, 2.05) is 12.1 Å². The standard InChI is InChI=1S/C18H23NO2/c1-14(20)11-12-19-18(21)8-4-5-15-9-10-16-6-2-3-7-17(16)13-15/h2-3,6-7,9-10,13-14,20H,4-5,8,11-12H2,1H3,(H,19,21). The van der Waals surface area contributed by atoms with E-state index in [2.05, 4.69) is 35.6 Å². The minimum absolute atomic E-state index is 0.0661. The maximum absolute atomic E-state index is 11.6. The predicted octanol–water partition coefficient (Wildman–Crippen LogP) is 3.05. The lowest BCUT2D eigenvalue weighted by molar-refractivity contribution is -0.121. The number of carbonyl (C=O) groups excluding carboxylic acids is 1. The zero-order chi connectivity index (χ0) is 15.1. The molecule has 2 N–H and O–H groups in total. The normalized spacial score (nSPS) is 12.3. The molecule has 2 aromatic rings. The lowest BCUT2D eigenvalue weighted by Gasteiger charge is -2.07. The van der Waals surface area contributed by atoms with Crippen LogP contribution in [0.25, 0.3) is 10.8 Å². The highest BCUT2D eigenvalue weighted by atomic mass is 16.3. The molecule has 0 aromatic heterocycles. The highest BCUT2D eigenvalue weighted by molar-refractivity contribution is 5.83. The monoisotopic (exact) mass is 285 g/mol. The zero-order valence-corrected chi connectivity index (χ0v) is 12.5. The van der Waals surface area contributed by atoms with Gasteiger partial charge in [0, 0.05) is 13.0 Å². The van der Waals surface area contributed by atoms with Crippen LogP contribution < -0.4 is 5.32 Å². The largest absolute Gasteiger partial charge is 0.393 e. The minimum Gasteiger partial charge on any atom is -0.393 e. The van der Waals surface area contributed by atoms with Crippen LogP contribution in [-0.2, 0) is 11.2 Å². The van der Waals surface area contributed by atoms with Crippen molar-refractivity contribution in [3.63, 3.8) is 0 Å². The Morgan fingerprint density at radius 1 is 1.19 bits per heavy atom. The van der Waals surface area contributed by atoms with E-state index in [4.69, 9.17) is 5.11 Å². The molecule has 3 nitrogen and oxygen atoms in total. The van der Waals surface area contributed by atoms with Crippen LogP contribution in [0.1, 0.15) is 31.7 Å². The molecule has 112 valence electrons. The van der Waals surface area contributed by atoms with Crippen molar-refractivity contribution in [1.29, 1.82) is 0 Å². The van der Waals surface area contributed by atoms with Gasteiger partial charge in [-0.2, -0.15) is 0 Å². The first-order valence-corrected chi connectivity index (χ1v) is 7.57. The Morgan fingerprint density at radius 3 is 2.71 bits per heavy atom. The Hall–Kier alpha value is -1.87. The van der Waals surface area contributed by atoms with Crippen LogP contribution >= 0.6 is 0 Å². The SMILES string of the molecule is CC(O)CCNC(=O)CCCc1ccc2ccccc2c1. The van der Waals surface area contributed by atoms with E-state index in [1.54, 1.807) is 6.92 Å². The average molecular weight is 285 g/mol. The van der Waals surface area contributed by atoms with Crippen LogP contribution in [0.15, 0.2) is 42.5 Å². The van der Waals surface area contributed by atoms with Gasteiger partial charge in [0.2, 0.25) is 5.91 Å². The number of aryl methyl sites for hydroxylation is 1. The van der Waals surface area contributed by atoms with Crippen LogP contribution in [0.2, 0.25) is 0 Å². The highest BCUT2D eigenvalue weighted by Gasteiger charge is 2.03. The highest BCUT2D eigenvalue weighted by Crippen LogP contribution is 2.16. The van der Waals surface area contributed by atoms with Crippen LogP contribution in [0.4, 0.5) is 0 Å². The van der Waals surface area contributed by atoms with Gasteiger partial charge in [0.15, 0.2) is 0 Å². The van der Waals surface area contributed by atoms with Crippen molar-refractivity contribution < 1.29 is 9.90 Å². The molecule has 0 aliphatic carbocycles. The van der Waals surface area contributed by atoms with Gasteiger partial charge < -0.3 is 10.4 Å². The van der Waals surface area contributed by atoms with E-state index in [9.17, 15) is 4.79 Å². The molecule has 1 atom stereocenters. The second-order valence-corrected chi connectivity index (χ2v) is 5.52. The third-order valence-electron chi connectivity index (χ3n) is 3.57. The molecular formula is C18H23NO2. The van der Waals surface area contributed by atoms with Gasteiger partial charge in [-0.15, -0.1) is 0 Å². The molecule has 0 heterocycles. The molecule has 3 heteroatoms. The minimum atomic E-state index is -0.358. The summed E-state index contributed by atoms with van der Waals surface area (Å²) in [5.41, 5.74) is 1.27. The van der Waals surface area contributed by atoms with Gasteiger partial charge in [0.05, 0.1) is 6.10 Å². The van der Waals surface area contributed by atoms with Crippen molar-refractivity contribution in [3.8, 4) is 0 Å². The van der Waals surface area contributed by atoms with E-state index in [1.165, 1.54) is 16.3 Å². The fraction of sp³-hybridized carbons (Fsp3) is 0.389. The number of benzene rings is 2. The van der Waals surface area contributed by atoms with Crippen molar-refractivity contribution in [2.75, 3.05) is 6.54 Å². The third-order valence-corrected chi connectivity index (χ3v) is 3.57. The van der Waals surface area contributed by atoms with E-state index >= 15 is 0 Å². The second kappa shape index (κ2) is 7.79. The fourth-order valence-corrected chi connectivity index (χ4v) is 2.36. The van der Waals surface area contributed by atoms with E-state index in [0.29, 0.717) is 19.4 Å². The van der Waals surface area contributed by atoms with Gasteiger partial charge in [0.25, 0.3) is 0 Å². The maximum atomic E-state index is 11.6. The van der Waals surface area contributed by atoms with Gasteiger partial charge in [-0.05, 0) is 42.5 Å². The lowest BCUT2D eigenvalue weighted by atomic mass is 10.0. The molecule has 0 fully saturated rings. The summed E-state index contributed by atoms with van der Waals surface area (Å²) in [5.74, 6) is 0.0661. The van der Waals surface area contributed by atoms with Crippen molar-refractivity contribution in [2.24, 2.45) is 0 Å². The number of amides is 1. The third kappa shape index (κ3) is 5.20. The number of aliphatic hydroxyl groups is 1. The number of carbonyl (C=O) groups is 1. The molecule has 2 aromatic carbocycles. The fourth-order valence-electron chi connectivity index (χ4n) is 2.36. The average Bonchev–Trinajstić information content (AvgIpc) is 2.47. The molecule has 2 rings (SSSR count). The van der Waals surface area contributed by atoms with Gasteiger partial charge in [-0.1, -0.05) is 42.5 Å². The van der Waals surface area contributed by atoms with Gasteiger partial charge in [0.1, 0.15) is 0 Å². The number of aliphatic hydroxyl groups excluding tert-OH is 1. The summed E-state index contributed by atoms with van der Waals surface area (Å²) in [6, 6.07) is 14.8. The molecule has 0 spiro atoms. The summed E-state index contributed by atoms with van der Waals surface area (Å²) < 4.78 is 0. The van der Waals surface area contributed by atoms with Crippen molar-refractivity contribution in [3.05, 3.63) is 48.0 Å². The molecule has 1 unspecified atom stereocenters. The molecule has 1 amide bonds. The summed E-state index contributed by atoms with van der Waals surface area (Å²) in [7, 11) is 0.